The van der Waals surface area contributed by atoms with E-state index in [-0.39, 0.29) is 17.6 Å². The van der Waals surface area contributed by atoms with Gasteiger partial charge in [-0.3, -0.25) is 4.79 Å². The van der Waals surface area contributed by atoms with E-state index in [0.29, 0.717) is 24.1 Å². The van der Waals surface area contributed by atoms with E-state index in [9.17, 15) is 14.7 Å². The Kier molecular flexibility index (Phi) is 5.33. The smallest absolute Gasteiger partial charge is 0.338 e. The monoisotopic (exact) mass is 291 g/mol. The molecule has 1 aliphatic rings. The van der Waals surface area contributed by atoms with Gasteiger partial charge in [0.05, 0.1) is 17.4 Å². The quantitative estimate of drug-likeness (QED) is 0.874. The van der Waals surface area contributed by atoms with Gasteiger partial charge in [-0.25, -0.2) is 4.79 Å². The summed E-state index contributed by atoms with van der Waals surface area (Å²) < 4.78 is 5.59. The molecule has 5 nitrogen and oxygen atoms in total. The van der Waals surface area contributed by atoms with E-state index in [2.05, 4.69) is 5.32 Å². The van der Waals surface area contributed by atoms with Gasteiger partial charge in [-0.1, -0.05) is 12.1 Å². The zero-order valence-corrected chi connectivity index (χ0v) is 12.2. The summed E-state index contributed by atoms with van der Waals surface area (Å²) in [6.45, 7) is 2.49. The van der Waals surface area contributed by atoms with Gasteiger partial charge in [0.15, 0.2) is 0 Å². The van der Waals surface area contributed by atoms with Crippen LogP contribution in [-0.2, 0) is 9.53 Å². The van der Waals surface area contributed by atoms with E-state index in [1.807, 2.05) is 0 Å². The number of amides is 1. The minimum Gasteiger partial charge on any atom is -0.478 e. The summed E-state index contributed by atoms with van der Waals surface area (Å²) >= 11 is 0. The molecule has 1 saturated heterocycles. The van der Waals surface area contributed by atoms with Gasteiger partial charge in [0, 0.05) is 13.0 Å². The number of carboxylic acids is 1. The lowest BCUT2D eigenvalue weighted by Crippen LogP contribution is -2.22. The van der Waals surface area contributed by atoms with Crippen LogP contribution >= 0.6 is 0 Å². The van der Waals surface area contributed by atoms with Crippen LogP contribution in [0.3, 0.4) is 0 Å². The highest BCUT2D eigenvalue weighted by Crippen LogP contribution is 2.21. The van der Waals surface area contributed by atoms with Crippen LogP contribution in [-0.4, -0.2) is 29.7 Å². The normalized spacial score (nSPS) is 18.2. The van der Waals surface area contributed by atoms with Gasteiger partial charge in [0.2, 0.25) is 5.91 Å². The van der Waals surface area contributed by atoms with Gasteiger partial charge in [-0.05, 0) is 44.2 Å². The number of ether oxygens (including phenoxy) is 1. The van der Waals surface area contributed by atoms with Crippen molar-refractivity contribution in [2.75, 3.05) is 11.9 Å². The van der Waals surface area contributed by atoms with Crippen molar-refractivity contribution in [3.8, 4) is 0 Å². The molecule has 1 aromatic rings. The van der Waals surface area contributed by atoms with E-state index in [1.165, 1.54) is 0 Å². The largest absolute Gasteiger partial charge is 0.478 e. The summed E-state index contributed by atoms with van der Waals surface area (Å²) in [5.74, 6) is -1.20. The summed E-state index contributed by atoms with van der Waals surface area (Å²) in [5.41, 5.74) is 1.15. The van der Waals surface area contributed by atoms with Gasteiger partial charge >= 0.3 is 5.97 Å². The summed E-state index contributed by atoms with van der Waals surface area (Å²) in [6.07, 6.45) is 4.41. The lowest BCUT2D eigenvalue weighted by Gasteiger charge is -2.22. The maximum atomic E-state index is 12.0. The Bertz CT molecular complexity index is 521. The number of hydrogen-bond acceptors (Lipinski definition) is 3. The first kappa shape index (κ1) is 15.5. The number of nitrogens with one attached hydrogen (secondary N) is 1. The van der Waals surface area contributed by atoms with Crippen molar-refractivity contribution in [1.29, 1.82) is 0 Å². The molecular formula is C16H21NO4. The Labute approximate surface area is 124 Å². The van der Waals surface area contributed by atoms with E-state index < -0.39 is 5.97 Å². The molecular weight excluding hydrogens is 270 g/mol. The zero-order valence-electron chi connectivity index (χ0n) is 12.2. The third-order valence-electron chi connectivity index (χ3n) is 3.73. The average molecular weight is 291 g/mol. The maximum absolute atomic E-state index is 12.0. The fourth-order valence-corrected chi connectivity index (χ4v) is 2.60. The molecule has 2 N–H and O–H groups in total. The van der Waals surface area contributed by atoms with Crippen LogP contribution in [0, 0.1) is 6.92 Å². The van der Waals surface area contributed by atoms with Crippen LogP contribution in [0.25, 0.3) is 0 Å². The molecule has 0 radical (unpaired) electrons. The van der Waals surface area contributed by atoms with E-state index in [0.717, 1.165) is 25.9 Å². The number of rotatable bonds is 5. The Balaban J connectivity index is 1.93. The standard InChI is InChI=1S/C16H21NO4/c1-11-5-4-7-13(15(11)16(19)20)17-14(18)9-8-12-6-2-3-10-21-12/h4-5,7,12H,2-3,6,8-10H2,1H3,(H,17,18)(H,19,20). The van der Waals surface area contributed by atoms with Crippen molar-refractivity contribution in [2.45, 2.75) is 45.1 Å². The number of carbonyl (C=O) groups is 2. The fourth-order valence-electron chi connectivity index (χ4n) is 2.60. The molecule has 1 aromatic carbocycles. The minimum atomic E-state index is -1.03. The second-order valence-electron chi connectivity index (χ2n) is 5.38. The Morgan fingerprint density at radius 3 is 2.86 bits per heavy atom. The number of hydrogen-bond donors (Lipinski definition) is 2. The number of carboxylic acid groups (broad SMARTS) is 1. The molecule has 21 heavy (non-hydrogen) atoms. The van der Waals surface area contributed by atoms with Crippen molar-refractivity contribution in [3.05, 3.63) is 29.3 Å². The SMILES string of the molecule is Cc1cccc(NC(=O)CCC2CCCCO2)c1C(=O)O. The zero-order chi connectivity index (χ0) is 15.2. The first-order valence-electron chi connectivity index (χ1n) is 7.32. The van der Waals surface area contributed by atoms with Crippen molar-refractivity contribution in [1.82, 2.24) is 0 Å². The molecule has 0 saturated carbocycles. The highest BCUT2D eigenvalue weighted by Gasteiger charge is 2.17. The maximum Gasteiger partial charge on any atom is 0.338 e. The molecule has 0 aromatic heterocycles. The van der Waals surface area contributed by atoms with Gasteiger partial charge < -0.3 is 15.2 Å². The first-order chi connectivity index (χ1) is 10.1. The summed E-state index contributed by atoms with van der Waals surface area (Å²) in [7, 11) is 0. The number of benzene rings is 1. The van der Waals surface area contributed by atoms with Crippen LogP contribution in [0.4, 0.5) is 5.69 Å². The average Bonchev–Trinajstić information content (AvgIpc) is 2.46. The highest BCUT2D eigenvalue weighted by molar-refractivity contribution is 6.01. The van der Waals surface area contributed by atoms with E-state index >= 15 is 0 Å². The van der Waals surface area contributed by atoms with Gasteiger partial charge in [-0.15, -0.1) is 0 Å². The van der Waals surface area contributed by atoms with Gasteiger partial charge in [0.1, 0.15) is 0 Å². The van der Waals surface area contributed by atoms with Crippen molar-refractivity contribution in [2.24, 2.45) is 0 Å². The third-order valence-corrected chi connectivity index (χ3v) is 3.73. The van der Waals surface area contributed by atoms with Crippen molar-refractivity contribution < 1.29 is 19.4 Å². The topological polar surface area (TPSA) is 75.6 Å². The number of anilines is 1. The lowest BCUT2D eigenvalue weighted by atomic mass is 10.0. The molecule has 5 heteroatoms. The van der Waals surface area contributed by atoms with Crippen LogP contribution in [0.2, 0.25) is 0 Å². The molecule has 1 amide bonds. The molecule has 1 atom stereocenters. The predicted octanol–water partition coefficient (Wildman–Crippen LogP) is 2.98. The van der Waals surface area contributed by atoms with Crippen LogP contribution < -0.4 is 5.32 Å². The molecule has 1 heterocycles. The Hall–Kier alpha value is -1.88. The summed E-state index contributed by atoms with van der Waals surface area (Å²) in [5, 5.41) is 11.9. The Morgan fingerprint density at radius 1 is 1.38 bits per heavy atom. The van der Waals surface area contributed by atoms with Crippen molar-refractivity contribution in [3.63, 3.8) is 0 Å². The molecule has 2 rings (SSSR count). The van der Waals surface area contributed by atoms with Gasteiger partial charge in [-0.2, -0.15) is 0 Å². The lowest BCUT2D eigenvalue weighted by molar-refractivity contribution is -0.117. The van der Waals surface area contributed by atoms with Crippen LogP contribution in [0.5, 0.6) is 0 Å². The number of aryl methyl sites for hydroxylation is 1. The molecule has 0 aliphatic carbocycles. The number of aromatic carboxylic acids is 1. The molecule has 0 spiro atoms. The van der Waals surface area contributed by atoms with Crippen LogP contribution in [0.1, 0.15) is 48.0 Å². The summed E-state index contributed by atoms with van der Waals surface area (Å²) in [4.78, 5) is 23.2. The fraction of sp³-hybridized carbons (Fsp3) is 0.500. The van der Waals surface area contributed by atoms with E-state index in [4.69, 9.17) is 4.74 Å². The number of carbonyl (C=O) groups excluding carboxylic acids is 1. The van der Waals surface area contributed by atoms with Gasteiger partial charge in [0.25, 0.3) is 0 Å². The molecule has 1 aliphatic heterocycles. The molecule has 0 bridgehead atoms. The first-order valence-corrected chi connectivity index (χ1v) is 7.32. The third kappa shape index (κ3) is 4.29. The Morgan fingerprint density at radius 2 is 2.19 bits per heavy atom. The minimum absolute atomic E-state index is 0.153. The van der Waals surface area contributed by atoms with Crippen LogP contribution in [0.15, 0.2) is 18.2 Å². The summed E-state index contributed by atoms with van der Waals surface area (Å²) in [6, 6.07) is 5.07. The van der Waals surface area contributed by atoms with E-state index in [1.54, 1.807) is 25.1 Å². The predicted molar refractivity (Wildman–Crippen MR) is 79.6 cm³/mol. The highest BCUT2D eigenvalue weighted by atomic mass is 16.5. The second-order valence-corrected chi connectivity index (χ2v) is 5.38. The van der Waals surface area contributed by atoms with Crippen molar-refractivity contribution >= 4 is 17.6 Å². The molecule has 1 unspecified atom stereocenters. The second kappa shape index (κ2) is 7.22. The molecule has 114 valence electrons. The molecule has 1 fully saturated rings.